The molecule has 108 valence electrons. The molecule has 0 heterocycles. The van der Waals surface area contributed by atoms with Crippen LogP contribution in [0.1, 0.15) is 6.92 Å². The van der Waals surface area contributed by atoms with Crippen LogP contribution in [0, 0.1) is 0 Å². The number of carbonyl (C=O) groups is 1. The molecular weight excluding hydrogens is 287 g/mol. The fourth-order valence-corrected chi connectivity index (χ4v) is 0.742. The van der Waals surface area contributed by atoms with Crippen LogP contribution in [0.3, 0.4) is 0 Å². The van der Waals surface area contributed by atoms with Crippen LogP contribution in [0.2, 0.25) is 0 Å². The molecule has 0 N–H and O–H groups in total. The molecule has 1 unspecified atom stereocenters. The molecule has 0 saturated carbocycles. The zero-order chi connectivity index (χ0) is 14.9. The topological polar surface area (TPSA) is 26.3 Å². The van der Waals surface area contributed by atoms with Crippen molar-refractivity contribution in [2.24, 2.45) is 0 Å². The van der Waals surface area contributed by atoms with Crippen molar-refractivity contribution in [3.8, 4) is 0 Å². The molecule has 0 amide bonds. The van der Waals surface area contributed by atoms with E-state index in [0.29, 0.717) is 0 Å². The highest BCUT2D eigenvalue weighted by molar-refractivity contribution is 5.79. The van der Waals surface area contributed by atoms with Crippen LogP contribution < -0.4 is 0 Å². The van der Waals surface area contributed by atoms with Gasteiger partial charge in [0.05, 0.1) is 0 Å². The summed E-state index contributed by atoms with van der Waals surface area (Å²) in [5, 5.41) is 0. The average molecular weight is 292 g/mol. The molecule has 0 spiro atoms. The number of hydrogen-bond acceptors (Lipinski definition) is 2. The highest BCUT2D eigenvalue weighted by Crippen LogP contribution is 2.48. The Morgan fingerprint density at radius 3 is 1.67 bits per heavy atom. The fourth-order valence-electron chi connectivity index (χ4n) is 0.742. The minimum atomic E-state index is -6.53. The molecule has 1 atom stereocenters. The number of carbonyl (C=O) groups excluding carboxylic acids is 1. The van der Waals surface area contributed by atoms with Gasteiger partial charge in [0.25, 0.3) is 0 Å². The molecule has 0 fully saturated rings. The zero-order valence-corrected chi connectivity index (χ0v) is 8.37. The highest BCUT2D eigenvalue weighted by Gasteiger charge is 2.77. The van der Waals surface area contributed by atoms with E-state index in [-0.39, 0.29) is 6.92 Å². The maximum Gasteiger partial charge on any atom is 0.411 e. The molecule has 0 aromatic carbocycles. The molecule has 0 rings (SSSR count). The lowest BCUT2D eigenvalue weighted by atomic mass is 10.0. The van der Waals surface area contributed by atoms with Gasteiger partial charge in [-0.1, -0.05) is 0 Å². The molecule has 2 nitrogen and oxygen atoms in total. The fraction of sp³-hybridized carbons (Fsp3) is 0.857. The van der Waals surface area contributed by atoms with Gasteiger partial charge >= 0.3 is 30.3 Å². The molecule has 0 aliphatic heterocycles. The number of alkyl halides is 9. The van der Waals surface area contributed by atoms with Crippen LogP contribution in [-0.2, 0) is 9.53 Å². The highest BCUT2D eigenvalue weighted by atomic mass is 19.3. The van der Waals surface area contributed by atoms with Gasteiger partial charge < -0.3 is 4.74 Å². The van der Waals surface area contributed by atoms with E-state index in [1.807, 2.05) is 0 Å². The van der Waals surface area contributed by atoms with Gasteiger partial charge in [-0.3, -0.25) is 0 Å². The van der Waals surface area contributed by atoms with Gasteiger partial charge in [0.1, 0.15) is 0 Å². The van der Waals surface area contributed by atoms with Gasteiger partial charge in [-0.15, -0.1) is 0 Å². The first-order chi connectivity index (χ1) is 7.78. The number of rotatable bonds is 5. The predicted octanol–water partition coefficient (Wildman–Crippen LogP) is 3.02. The Balaban J connectivity index is 5.38. The van der Waals surface area contributed by atoms with Crippen molar-refractivity contribution in [1.29, 1.82) is 0 Å². The van der Waals surface area contributed by atoms with Crippen LogP contribution in [-0.4, -0.2) is 36.5 Å². The lowest BCUT2D eigenvalue weighted by Gasteiger charge is -2.31. The first kappa shape index (κ1) is 16.8. The van der Waals surface area contributed by atoms with Gasteiger partial charge in [-0.25, -0.2) is 9.18 Å². The van der Waals surface area contributed by atoms with Gasteiger partial charge in [0.15, 0.2) is 6.17 Å². The Morgan fingerprint density at radius 1 is 1.00 bits per heavy atom. The summed E-state index contributed by atoms with van der Waals surface area (Å²) < 4.78 is 113. The normalized spacial score (nSPS) is 15.7. The smallest absolute Gasteiger partial charge is 0.398 e. The summed E-state index contributed by atoms with van der Waals surface area (Å²) in [6.07, 6.45) is -3.75. The lowest BCUT2D eigenvalue weighted by molar-refractivity contribution is -0.322. The van der Waals surface area contributed by atoms with Gasteiger partial charge in [0.2, 0.25) is 0 Å². The largest absolute Gasteiger partial charge is 0.411 e. The number of halogens is 9. The molecule has 0 aliphatic rings. The summed E-state index contributed by atoms with van der Waals surface area (Å²) in [6.45, 7) is -4.38. The first-order valence-corrected chi connectivity index (χ1v) is 4.05. The van der Waals surface area contributed by atoms with E-state index in [1.54, 1.807) is 0 Å². The number of esters is 1. The van der Waals surface area contributed by atoms with Gasteiger partial charge in [-0.2, -0.15) is 35.1 Å². The van der Waals surface area contributed by atoms with E-state index >= 15 is 0 Å². The third-order valence-electron chi connectivity index (χ3n) is 1.77. The summed E-state index contributed by atoms with van der Waals surface area (Å²) >= 11 is 0. The van der Waals surface area contributed by atoms with E-state index in [4.69, 9.17) is 0 Å². The molecule has 11 heteroatoms. The van der Waals surface area contributed by atoms with Crippen LogP contribution in [0.5, 0.6) is 0 Å². The Labute approximate surface area is 93.7 Å². The third-order valence-corrected chi connectivity index (χ3v) is 1.77. The maximum absolute atomic E-state index is 12.6. The summed E-state index contributed by atoms with van der Waals surface area (Å²) in [5.74, 6) is -22.4. The van der Waals surface area contributed by atoms with Crippen molar-refractivity contribution in [3.05, 3.63) is 0 Å². The van der Waals surface area contributed by atoms with Crippen molar-refractivity contribution in [2.75, 3.05) is 0 Å². The van der Waals surface area contributed by atoms with Crippen LogP contribution in [0.15, 0.2) is 0 Å². The number of hydrogen-bond donors (Lipinski definition) is 0. The maximum atomic E-state index is 12.6. The van der Waals surface area contributed by atoms with E-state index in [9.17, 15) is 44.3 Å². The van der Waals surface area contributed by atoms with E-state index in [2.05, 4.69) is 4.74 Å². The van der Waals surface area contributed by atoms with Crippen molar-refractivity contribution in [3.63, 3.8) is 0 Å². The second kappa shape index (κ2) is 4.84. The Kier molecular flexibility index (Phi) is 4.53. The SMILES string of the molecule is CC(F)C(F)(F)C(F)(F)C(F)(F)C(=O)OC(F)F. The van der Waals surface area contributed by atoms with E-state index < -0.39 is 36.5 Å². The Hall–Kier alpha value is -1.16. The van der Waals surface area contributed by atoms with Gasteiger partial charge in [0, 0.05) is 0 Å². The van der Waals surface area contributed by atoms with Crippen molar-refractivity contribution < 1.29 is 49.0 Å². The minimum Gasteiger partial charge on any atom is -0.398 e. The van der Waals surface area contributed by atoms with Crippen molar-refractivity contribution >= 4 is 5.97 Å². The molecular formula is C7H5F9O2. The quantitative estimate of drug-likeness (QED) is 0.575. The van der Waals surface area contributed by atoms with Crippen LogP contribution in [0.25, 0.3) is 0 Å². The molecule has 0 aliphatic carbocycles. The van der Waals surface area contributed by atoms with Crippen molar-refractivity contribution in [1.82, 2.24) is 0 Å². The molecule has 0 radical (unpaired) electrons. The average Bonchev–Trinajstić information content (AvgIpc) is 2.15. The zero-order valence-electron chi connectivity index (χ0n) is 8.37. The molecule has 18 heavy (non-hydrogen) atoms. The monoisotopic (exact) mass is 292 g/mol. The van der Waals surface area contributed by atoms with Crippen LogP contribution in [0.4, 0.5) is 39.5 Å². The molecule has 0 aromatic rings. The Bertz CT molecular complexity index is 312. The standard InChI is InChI=1S/C7H5F9O2/c1-2(8)5(11,12)7(15,16)6(13,14)3(17)18-4(9)10/h2,4H,1H3. The molecule has 0 bridgehead atoms. The van der Waals surface area contributed by atoms with Crippen molar-refractivity contribution in [2.45, 2.75) is 37.5 Å². The summed E-state index contributed by atoms with van der Waals surface area (Å²) in [5.41, 5.74) is 0. The summed E-state index contributed by atoms with van der Waals surface area (Å²) in [7, 11) is 0. The summed E-state index contributed by atoms with van der Waals surface area (Å²) in [4.78, 5) is 10.2. The number of ether oxygens (including phenoxy) is 1. The molecule has 0 aromatic heterocycles. The lowest BCUT2D eigenvalue weighted by Crippen LogP contribution is -2.61. The van der Waals surface area contributed by atoms with Crippen LogP contribution >= 0.6 is 0 Å². The van der Waals surface area contributed by atoms with E-state index in [0.717, 1.165) is 0 Å². The molecule has 0 saturated heterocycles. The van der Waals surface area contributed by atoms with Gasteiger partial charge in [-0.05, 0) is 6.92 Å². The predicted molar refractivity (Wildman–Crippen MR) is 37.5 cm³/mol. The summed E-state index contributed by atoms with van der Waals surface area (Å²) in [6, 6.07) is 0. The first-order valence-electron chi connectivity index (χ1n) is 4.05. The van der Waals surface area contributed by atoms with E-state index in [1.165, 1.54) is 0 Å². The third kappa shape index (κ3) is 2.64. The minimum absolute atomic E-state index is 0.164. The second-order valence-electron chi connectivity index (χ2n) is 3.05. The Morgan fingerprint density at radius 2 is 1.39 bits per heavy atom. The second-order valence-corrected chi connectivity index (χ2v) is 3.05.